The number of carbonyl (C=O) groups is 1. The van der Waals surface area contributed by atoms with Crippen LogP contribution < -0.4 is 9.64 Å². The van der Waals surface area contributed by atoms with Crippen molar-refractivity contribution in [2.24, 2.45) is 0 Å². The first-order valence-electron chi connectivity index (χ1n) is 10.9. The molecule has 0 aliphatic carbocycles. The van der Waals surface area contributed by atoms with E-state index in [-0.39, 0.29) is 5.97 Å². The monoisotopic (exact) mass is 432 g/mol. The van der Waals surface area contributed by atoms with Crippen LogP contribution in [0.5, 0.6) is 5.75 Å². The summed E-state index contributed by atoms with van der Waals surface area (Å²) >= 11 is 0. The molecule has 5 nitrogen and oxygen atoms in total. The smallest absolute Gasteiger partial charge is 0.333 e. The van der Waals surface area contributed by atoms with E-state index >= 15 is 0 Å². The van der Waals surface area contributed by atoms with Crippen LogP contribution in [0.2, 0.25) is 0 Å². The number of rotatable bonds is 12. The van der Waals surface area contributed by atoms with Crippen LogP contribution in [0.25, 0.3) is 11.6 Å². The Kier molecular flexibility index (Phi) is 10.1. The van der Waals surface area contributed by atoms with Crippen molar-refractivity contribution in [3.8, 4) is 11.8 Å². The van der Waals surface area contributed by atoms with Gasteiger partial charge < -0.3 is 14.4 Å². The lowest BCUT2D eigenvalue weighted by molar-refractivity contribution is -0.139. The Hall–Kier alpha value is -3.52. The van der Waals surface area contributed by atoms with E-state index in [0.29, 0.717) is 24.4 Å². The molecule has 0 atom stereocenters. The maximum absolute atomic E-state index is 11.3. The van der Waals surface area contributed by atoms with E-state index in [4.69, 9.17) is 9.47 Å². The summed E-state index contributed by atoms with van der Waals surface area (Å²) in [5.41, 5.74) is 4.01. The Morgan fingerprint density at radius 3 is 2.19 bits per heavy atom. The van der Waals surface area contributed by atoms with Crippen LogP contribution in [-0.2, 0) is 9.53 Å². The second-order valence-corrected chi connectivity index (χ2v) is 7.86. The molecule has 0 amide bonds. The van der Waals surface area contributed by atoms with Gasteiger partial charge in [0.05, 0.1) is 24.9 Å². The summed E-state index contributed by atoms with van der Waals surface area (Å²) in [7, 11) is 4.00. The molecule has 0 heterocycles. The van der Waals surface area contributed by atoms with E-state index < -0.39 is 0 Å². The maximum Gasteiger partial charge on any atom is 0.333 e. The van der Waals surface area contributed by atoms with E-state index in [2.05, 4.69) is 12.6 Å². The minimum Gasteiger partial charge on any atom is -0.494 e. The molecule has 2 aromatic carbocycles. The Morgan fingerprint density at radius 2 is 1.62 bits per heavy atom. The fraction of sp³-hybridized carbons (Fsp3) is 0.333. The van der Waals surface area contributed by atoms with Crippen LogP contribution in [0.15, 0.2) is 60.7 Å². The van der Waals surface area contributed by atoms with Gasteiger partial charge in [0.15, 0.2) is 0 Å². The SMILES string of the molecule is C=C(C)C(=O)OCCCCCCOc1ccc(C(C#N)=Cc2ccc(N(C)C)cc2)cc1. The second kappa shape index (κ2) is 13.0. The highest BCUT2D eigenvalue weighted by Gasteiger charge is 2.04. The fourth-order valence-electron chi connectivity index (χ4n) is 2.98. The van der Waals surface area contributed by atoms with Gasteiger partial charge in [-0.3, -0.25) is 0 Å². The summed E-state index contributed by atoms with van der Waals surface area (Å²) in [6.45, 7) is 6.27. The van der Waals surface area contributed by atoms with Crippen molar-refractivity contribution in [2.45, 2.75) is 32.6 Å². The number of unbranched alkanes of at least 4 members (excludes halogenated alkanes) is 3. The molecule has 168 valence electrons. The molecular formula is C27H32N2O3. The first-order chi connectivity index (χ1) is 15.4. The molecule has 0 saturated heterocycles. The average Bonchev–Trinajstić information content (AvgIpc) is 2.79. The summed E-state index contributed by atoms with van der Waals surface area (Å²) in [4.78, 5) is 13.3. The molecule has 0 bridgehead atoms. The van der Waals surface area contributed by atoms with Gasteiger partial charge in [-0.25, -0.2) is 4.79 Å². The molecule has 2 rings (SSSR count). The Balaban J connectivity index is 1.76. The standard InChI is InChI=1S/C27H32N2O3/c1-21(2)27(30)32-18-8-6-5-7-17-31-26-15-11-23(12-16-26)24(20-28)19-22-9-13-25(14-10-22)29(3)4/h9-16,19H,1,5-8,17-18H2,2-4H3. The number of esters is 1. The van der Waals surface area contributed by atoms with Crippen LogP contribution in [0.4, 0.5) is 5.69 Å². The van der Waals surface area contributed by atoms with Gasteiger partial charge in [-0.1, -0.05) is 18.7 Å². The van der Waals surface area contributed by atoms with Crippen molar-refractivity contribution in [1.29, 1.82) is 5.26 Å². The Labute approximate surface area is 191 Å². The largest absolute Gasteiger partial charge is 0.494 e. The minimum atomic E-state index is -0.326. The maximum atomic E-state index is 11.3. The van der Waals surface area contributed by atoms with Crippen LogP contribution in [0, 0.1) is 11.3 Å². The fourth-order valence-corrected chi connectivity index (χ4v) is 2.98. The van der Waals surface area contributed by atoms with Gasteiger partial charge in [0.25, 0.3) is 0 Å². The highest BCUT2D eigenvalue weighted by atomic mass is 16.5. The van der Waals surface area contributed by atoms with Crippen molar-refractivity contribution >= 4 is 23.3 Å². The lowest BCUT2D eigenvalue weighted by atomic mass is 10.0. The van der Waals surface area contributed by atoms with E-state index in [0.717, 1.165) is 48.2 Å². The van der Waals surface area contributed by atoms with Crippen LogP contribution >= 0.6 is 0 Å². The van der Waals surface area contributed by atoms with Gasteiger partial charge in [-0.2, -0.15) is 5.26 Å². The molecule has 0 aliphatic heterocycles. The van der Waals surface area contributed by atoms with Crippen molar-refractivity contribution in [1.82, 2.24) is 0 Å². The molecule has 0 aliphatic rings. The van der Waals surface area contributed by atoms with Crippen LogP contribution in [-0.4, -0.2) is 33.3 Å². The normalized spacial score (nSPS) is 10.9. The minimum absolute atomic E-state index is 0.326. The predicted molar refractivity (Wildman–Crippen MR) is 130 cm³/mol. The Morgan fingerprint density at radius 1 is 1.00 bits per heavy atom. The zero-order chi connectivity index (χ0) is 23.3. The molecule has 0 fully saturated rings. The number of anilines is 1. The van der Waals surface area contributed by atoms with Gasteiger partial charge in [-0.05, 0) is 86.2 Å². The quantitative estimate of drug-likeness (QED) is 0.138. The highest BCUT2D eigenvalue weighted by Crippen LogP contribution is 2.22. The molecule has 0 unspecified atom stereocenters. The molecule has 0 saturated carbocycles. The third-order valence-corrected chi connectivity index (χ3v) is 4.90. The molecule has 0 spiro atoms. The lowest BCUT2D eigenvalue weighted by Crippen LogP contribution is -2.07. The summed E-state index contributed by atoms with van der Waals surface area (Å²) in [6.07, 6.45) is 5.66. The third-order valence-electron chi connectivity index (χ3n) is 4.90. The number of hydrogen-bond donors (Lipinski definition) is 0. The molecule has 32 heavy (non-hydrogen) atoms. The summed E-state index contributed by atoms with van der Waals surface area (Å²) in [6, 6.07) is 18.0. The number of ether oxygens (including phenoxy) is 2. The van der Waals surface area contributed by atoms with Crippen molar-refractivity contribution in [3.05, 3.63) is 71.8 Å². The second-order valence-electron chi connectivity index (χ2n) is 7.86. The number of nitrogens with zero attached hydrogens (tertiary/aromatic N) is 2. The number of benzene rings is 2. The molecule has 0 N–H and O–H groups in total. The van der Waals surface area contributed by atoms with Gasteiger partial charge >= 0.3 is 5.97 Å². The zero-order valence-electron chi connectivity index (χ0n) is 19.3. The summed E-state index contributed by atoms with van der Waals surface area (Å²) in [5, 5.41) is 9.58. The molecule has 2 aromatic rings. The molecule has 0 radical (unpaired) electrons. The van der Waals surface area contributed by atoms with E-state index in [1.54, 1.807) is 6.92 Å². The average molecular weight is 433 g/mol. The molecule has 5 heteroatoms. The van der Waals surface area contributed by atoms with E-state index in [9.17, 15) is 10.1 Å². The van der Waals surface area contributed by atoms with Crippen molar-refractivity contribution in [3.63, 3.8) is 0 Å². The number of hydrogen-bond acceptors (Lipinski definition) is 5. The van der Waals surface area contributed by atoms with Gasteiger partial charge in [0, 0.05) is 25.4 Å². The van der Waals surface area contributed by atoms with Crippen LogP contribution in [0.1, 0.15) is 43.7 Å². The molecule has 0 aromatic heterocycles. The predicted octanol–water partition coefficient (Wildman–Crippen LogP) is 5.88. The van der Waals surface area contributed by atoms with E-state index in [1.807, 2.05) is 73.6 Å². The first-order valence-corrected chi connectivity index (χ1v) is 10.9. The van der Waals surface area contributed by atoms with Crippen molar-refractivity contribution in [2.75, 3.05) is 32.2 Å². The summed E-state index contributed by atoms with van der Waals surface area (Å²) < 4.78 is 10.9. The number of nitriles is 1. The molecular weight excluding hydrogens is 400 g/mol. The number of carbonyl (C=O) groups excluding carboxylic acids is 1. The van der Waals surface area contributed by atoms with Gasteiger partial charge in [0.1, 0.15) is 5.75 Å². The third kappa shape index (κ3) is 8.31. The van der Waals surface area contributed by atoms with Gasteiger partial charge in [-0.15, -0.1) is 0 Å². The van der Waals surface area contributed by atoms with Crippen molar-refractivity contribution < 1.29 is 14.3 Å². The van der Waals surface area contributed by atoms with Gasteiger partial charge in [0.2, 0.25) is 0 Å². The zero-order valence-corrected chi connectivity index (χ0v) is 19.3. The topological polar surface area (TPSA) is 62.6 Å². The Bertz CT molecular complexity index is 952. The van der Waals surface area contributed by atoms with E-state index in [1.165, 1.54) is 0 Å². The summed E-state index contributed by atoms with van der Waals surface area (Å²) in [5.74, 6) is 0.463. The lowest BCUT2D eigenvalue weighted by Gasteiger charge is -2.12. The highest BCUT2D eigenvalue weighted by molar-refractivity contribution is 5.89. The van der Waals surface area contributed by atoms with Crippen LogP contribution in [0.3, 0.4) is 0 Å². The number of allylic oxidation sites excluding steroid dienone is 1. The first kappa shape index (κ1) is 24.7.